The first-order chi connectivity index (χ1) is 69.2. The topological polar surface area (TPSA) is 90.9 Å². The number of hydrogen-bond acceptors (Lipinski definition) is 17. The van der Waals surface area contributed by atoms with Crippen LogP contribution in [0.25, 0.3) is 0 Å². The van der Waals surface area contributed by atoms with Gasteiger partial charge in [0, 0.05) is 0 Å². The van der Waals surface area contributed by atoms with Crippen molar-refractivity contribution in [3.8, 4) is 46.0 Å². The van der Waals surface area contributed by atoms with Crippen LogP contribution < -0.4 is 36.2 Å². The molecule has 0 aromatic heterocycles. The van der Waals surface area contributed by atoms with Gasteiger partial charge in [0.25, 0.3) is 0 Å². The van der Waals surface area contributed by atoms with Gasteiger partial charge < -0.3 is 85.2 Å². The normalized spacial score (nSPS) is 11.4. The zero-order valence-corrected chi connectivity index (χ0v) is 101. The molecule has 0 aliphatic carbocycles. The SMILES string of the molecule is CCCCCCCCCc1ccccc1OP(=S)([S-])Oc1ccccc1CCCCCCCCC.CCCCCCCCCc1ccccc1OP(=S)([S-])Oc1ccccc1CCCCCCCCC.CCCCCCCCCc1ccccc1OP(=S)([S-])Oc1ccccc1CCCCCCCCC.CCCCCCCCCc1ccccc1OP(=S)([S-])Oc1ccccc1CCCCCCCCC.[O]=[Mo+4]. The molecule has 0 N–H and O–H groups in total. The van der Waals surface area contributed by atoms with Gasteiger partial charge in [-0.05, 0) is 243 Å². The summed E-state index contributed by atoms with van der Waals surface area (Å²) in [5.74, 6) is 6.34. The van der Waals surface area contributed by atoms with Gasteiger partial charge in [0.05, 0.1) is 0 Å². The molecule has 0 saturated heterocycles. The van der Waals surface area contributed by atoms with Gasteiger partial charge in [-0.1, -0.05) is 509 Å². The first kappa shape index (κ1) is 131. The van der Waals surface area contributed by atoms with Crippen molar-refractivity contribution < 1.29 is 59.4 Å². The molecule has 0 atom stereocenters. The molecule has 22 heteroatoms. The van der Waals surface area contributed by atoms with Crippen molar-refractivity contribution in [1.29, 1.82) is 0 Å². The molecule has 0 saturated carbocycles. The van der Waals surface area contributed by atoms with E-state index < -0.39 is 22.8 Å². The first-order valence-corrected chi connectivity index (χ1v) is 71.3. The molecule has 0 aliphatic heterocycles. The van der Waals surface area contributed by atoms with E-state index in [4.69, 9.17) is 136 Å². The van der Waals surface area contributed by atoms with Gasteiger partial charge in [-0.2, -0.15) is 0 Å². The molecule has 8 aromatic carbocycles. The number of benzene rings is 8. The summed E-state index contributed by atoms with van der Waals surface area (Å²) in [5, 5.41) is 0. The second-order valence-corrected chi connectivity index (χ2v) is 57.7. The Labute approximate surface area is 920 Å². The molecule has 0 amide bonds. The fourth-order valence-corrected chi connectivity index (χ4v) is 25.0. The van der Waals surface area contributed by atoms with Crippen LogP contribution in [0.3, 0.4) is 0 Å². The third kappa shape index (κ3) is 65.0. The molecule has 0 unspecified atom stereocenters. The van der Waals surface area contributed by atoms with Gasteiger partial charge in [-0.3, -0.25) is 0 Å². The van der Waals surface area contributed by atoms with E-state index in [9.17, 15) is 0 Å². The summed E-state index contributed by atoms with van der Waals surface area (Å²) in [6, 6.07) is 65.3. The van der Waals surface area contributed by atoms with Gasteiger partial charge in [0.1, 0.15) is 46.0 Å². The van der Waals surface area contributed by atoms with Crippen molar-refractivity contribution in [2.75, 3.05) is 0 Å². The predicted octanol–water partition coefficient (Wildman–Crippen LogP) is 41.9. The molecular formula is C120H184MoO9P4S8. The average Bonchev–Trinajstić information content (AvgIpc) is 0.842. The van der Waals surface area contributed by atoms with Crippen LogP contribution in [0.4, 0.5) is 0 Å². The Morgan fingerprint density at radius 3 is 0.345 bits per heavy atom. The van der Waals surface area contributed by atoms with E-state index in [0.29, 0.717) is 19.8 Å². The van der Waals surface area contributed by atoms with Crippen LogP contribution in [0.2, 0.25) is 0 Å². The van der Waals surface area contributed by atoms with Crippen LogP contribution in [0.5, 0.6) is 46.0 Å². The van der Waals surface area contributed by atoms with Crippen LogP contribution in [0, 0.1) is 0 Å². The standard InChI is InChI=1S/4C30H47O2PS2.Mo.O/c4*1-3-5-7-9-11-13-15-21-27-23-17-19-25-29(27)31-33(34,35)32-30-26-20-18-24-28(30)22-16-14-12-10-8-6-4-2;;/h4*17-20,23-26H,3-16,21-22H2,1-2H3,(H,34,35);;/q;;;;+4;/p-4. The molecule has 0 aliphatic rings. The molecule has 0 radical (unpaired) electrons. The summed E-state index contributed by atoms with van der Waals surface area (Å²) in [7, 11) is 0. The van der Waals surface area contributed by atoms with Gasteiger partial charge in [0.2, 0.25) is 0 Å². The summed E-state index contributed by atoms with van der Waals surface area (Å²) in [6.07, 6.45) is 80.4. The number of para-hydroxylation sites is 8. The fourth-order valence-electron chi connectivity index (χ4n) is 17.6. The number of aryl methyl sites for hydroxylation is 8. The Kier molecular flexibility index (Phi) is 79.5. The first-order valence-electron chi connectivity index (χ1n) is 55.8. The van der Waals surface area contributed by atoms with E-state index in [0.717, 1.165) is 149 Å². The summed E-state index contributed by atoms with van der Waals surface area (Å²) in [5.41, 5.74) is -2.11. The van der Waals surface area contributed by atoms with Crippen molar-refractivity contribution in [3.63, 3.8) is 0 Å². The minimum absolute atomic E-state index is 0.700. The van der Waals surface area contributed by atoms with Crippen LogP contribution in [-0.2, 0) is 171 Å². The molecule has 0 fully saturated rings. The molecule has 8 rings (SSSR count). The van der Waals surface area contributed by atoms with Crippen molar-refractivity contribution in [2.24, 2.45) is 0 Å². The third-order valence-electron chi connectivity index (χ3n) is 25.9. The summed E-state index contributed by atoms with van der Waals surface area (Å²) >= 11 is 46.3. The van der Waals surface area contributed by atoms with Gasteiger partial charge in [-0.25, -0.2) is 0 Å². The quantitative estimate of drug-likeness (QED) is 0.0157. The predicted molar refractivity (Wildman–Crippen MR) is 637 cm³/mol. The number of rotatable bonds is 80. The summed E-state index contributed by atoms with van der Waals surface area (Å²) < 4.78 is 57.9. The van der Waals surface area contributed by atoms with E-state index in [-0.39, 0.29) is 0 Å². The van der Waals surface area contributed by atoms with E-state index in [1.54, 1.807) is 0 Å². The fraction of sp³-hybridized carbons (Fsp3) is 0.600. The average molecular weight is 2250 g/mol. The van der Waals surface area contributed by atoms with Crippen molar-refractivity contribution in [3.05, 3.63) is 239 Å². The molecular weight excluding hydrogens is 2060 g/mol. The maximum absolute atomic E-state index is 8.26. The molecule has 0 bridgehead atoms. The van der Waals surface area contributed by atoms with Gasteiger partial charge in [-0.15, -0.1) is 0 Å². The Morgan fingerprint density at radius 1 is 0.162 bits per heavy atom. The minimum atomic E-state index is -2.89. The number of unbranched alkanes of at least 4 members (excludes halogenated alkanes) is 48. The van der Waals surface area contributed by atoms with Crippen LogP contribution >= 0.6 is 22.8 Å². The second-order valence-electron chi connectivity index (χ2n) is 38.4. The summed E-state index contributed by atoms with van der Waals surface area (Å²) in [4.78, 5) is 0. The maximum atomic E-state index is 8.26. The monoisotopic (exact) mass is 2250 g/mol. The number of hydrogen-bond donors (Lipinski definition) is 0. The second kappa shape index (κ2) is 86.2. The van der Waals surface area contributed by atoms with Crippen LogP contribution in [0.1, 0.15) is 459 Å². The van der Waals surface area contributed by atoms with E-state index in [2.05, 4.69) is 152 Å². The summed E-state index contributed by atoms with van der Waals surface area (Å²) in [6.45, 7) is 18.1. The zero-order valence-electron chi connectivity index (χ0n) is 88.9. The van der Waals surface area contributed by atoms with Crippen LogP contribution in [0.15, 0.2) is 194 Å². The Balaban J connectivity index is 0.000000392. The van der Waals surface area contributed by atoms with Gasteiger partial charge >= 0.3 is 23.2 Å². The zero-order chi connectivity index (χ0) is 103. The Morgan fingerprint density at radius 2 is 0.246 bits per heavy atom. The van der Waals surface area contributed by atoms with Crippen molar-refractivity contribution in [1.82, 2.24) is 0 Å². The van der Waals surface area contributed by atoms with E-state index >= 15 is 0 Å². The molecule has 0 spiro atoms. The molecule has 8 aromatic rings. The molecule has 0 heterocycles. The third-order valence-corrected chi connectivity index (χ3v) is 32.8. The van der Waals surface area contributed by atoms with E-state index in [1.807, 2.05) is 97.1 Å². The Hall–Kier alpha value is -3.35. The van der Waals surface area contributed by atoms with Crippen molar-refractivity contribution >= 4 is 119 Å². The van der Waals surface area contributed by atoms with Crippen LogP contribution in [-0.4, -0.2) is 0 Å². The molecule has 9 nitrogen and oxygen atoms in total. The molecule has 142 heavy (non-hydrogen) atoms. The Bertz CT molecular complexity index is 3820. The van der Waals surface area contributed by atoms with Crippen molar-refractivity contribution in [2.45, 2.75) is 466 Å². The molecule has 792 valence electrons. The van der Waals surface area contributed by atoms with E-state index in [1.165, 1.54) is 353 Å². The van der Waals surface area contributed by atoms with Gasteiger partial charge in [0.15, 0.2) is 22.8 Å².